The van der Waals surface area contributed by atoms with Crippen LogP contribution in [0.1, 0.15) is 209 Å². The molecule has 10 rings (SSSR count). The predicted octanol–water partition coefficient (Wildman–Crippen LogP) is 15.6. The molecule has 1 saturated heterocycles. The Morgan fingerprint density at radius 1 is 0.465 bits per heavy atom. The summed E-state index contributed by atoms with van der Waals surface area (Å²) in [6.07, 6.45) is 24.3. The number of nitrogens with zero attached hydrogens (tertiary/aromatic N) is 1. The van der Waals surface area contributed by atoms with Gasteiger partial charge in [0.15, 0.2) is 0 Å². The zero-order chi connectivity index (χ0) is 70.6. The summed E-state index contributed by atoms with van der Waals surface area (Å²) in [5, 5.41) is 18.7. The molecule has 3 amide bonds. The quantitative estimate of drug-likeness (QED) is 0.0182. The molecular formula is C77H106N8O14. The van der Waals surface area contributed by atoms with Crippen LogP contribution < -0.4 is 37.6 Å². The Labute approximate surface area is 584 Å². The summed E-state index contributed by atoms with van der Waals surface area (Å²) in [5.41, 5.74) is 14.8. The minimum atomic E-state index is -0.572. The van der Waals surface area contributed by atoms with E-state index in [9.17, 15) is 33.6 Å². The molecule has 5 aromatic rings. The molecule has 99 heavy (non-hydrogen) atoms. The molecule has 0 radical (unpaired) electrons. The van der Waals surface area contributed by atoms with E-state index in [1.807, 2.05) is 54.6 Å². The number of methoxy groups -OCH3 is 1. The fourth-order valence-corrected chi connectivity index (χ4v) is 12.8. The number of nitrogen functional groups attached to an aromatic ring is 1. The highest BCUT2D eigenvalue weighted by atomic mass is 16.6. The van der Waals surface area contributed by atoms with E-state index in [4.69, 9.17) is 34.2 Å². The molecule has 0 spiro atoms. The summed E-state index contributed by atoms with van der Waals surface area (Å²) >= 11 is 0. The Hall–Kier alpha value is -8.89. The average molecular weight is 1370 g/mol. The lowest BCUT2D eigenvalue weighted by Gasteiger charge is -2.26. The number of nitrogens with two attached hydrogens (primary N) is 1. The van der Waals surface area contributed by atoms with Crippen molar-refractivity contribution in [2.45, 2.75) is 187 Å². The van der Waals surface area contributed by atoms with Crippen molar-refractivity contribution in [3.8, 4) is 0 Å². The topological polar surface area (TPSA) is 286 Å². The molecule has 0 unspecified atom stereocenters. The van der Waals surface area contributed by atoms with Gasteiger partial charge >= 0.3 is 36.1 Å². The lowest BCUT2D eigenvalue weighted by Crippen LogP contribution is -2.38. The molecule has 4 saturated carbocycles. The Kier molecular flexibility index (Phi) is 33.5. The van der Waals surface area contributed by atoms with Crippen molar-refractivity contribution < 1.29 is 66.7 Å². The van der Waals surface area contributed by atoms with Crippen molar-refractivity contribution in [3.63, 3.8) is 0 Å². The van der Waals surface area contributed by atoms with Crippen molar-refractivity contribution in [1.82, 2.24) is 4.90 Å². The van der Waals surface area contributed by atoms with Crippen molar-refractivity contribution in [1.29, 1.82) is 0 Å². The van der Waals surface area contributed by atoms with E-state index in [-0.39, 0.29) is 24.5 Å². The molecule has 22 heteroatoms. The van der Waals surface area contributed by atoms with Crippen molar-refractivity contribution in [2.24, 2.45) is 5.92 Å². The zero-order valence-corrected chi connectivity index (χ0v) is 58.8. The van der Waals surface area contributed by atoms with Gasteiger partial charge in [0, 0.05) is 50.4 Å². The standard InChI is InChI=1S/C23H28N2O4.C20H30N2O3.C17H24N2O4.C17H24N2O3/c1-2-28-22(26)18-13-14-20(24-19-11-7-4-8-12-19)21(15-18)25-23(27)29-16-17-9-5-3-6-10-17;21-19-15-18(7-6-17(19)14-16-4-2-1-3-5-16)20(23)25-13-10-22-8-11-24-12-9-22;1-3-23-16(20)12-9-10-14(15(11-12)19-17(21)22-2)18-13-7-5-4-6-8-13;1-3-22-17(21)13-9-10-15(16(11-13)18-12(2)20)19-14-7-5-4-6-8-14/h3,5-6,9-10,13-15,19,24H,2,4,7-8,11-12,16H2,1H3,(H,25,27);6-7,15-16H,1-5,8-14,21H2;9-11,13,18H,3-8H2,1-2H3,(H,19,21);9-11,14,19H,3-8H2,1-2H3,(H,18,20). The van der Waals surface area contributed by atoms with Crippen LogP contribution in [0.4, 0.5) is 49.4 Å². The second-order valence-electron chi connectivity index (χ2n) is 25.6. The third-order valence-electron chi connectivity index (χ3n) is 18.0. The van der Waals surface area contributed by atoms with Gasteiger partial charge in [-0.2, -0.15) is 0 Å². The Morgan fingerprint density at radius 3 is 1.29 bits per heavy atom. The number of hydrogen-bond acceptors (Lipinski definition) is 19. The summed E-state index contributed by atoms with van der Waals surface area (Å²) in [6, 6.07) is 31.8. The van der Waals surface area contributed by atoms with Gasteiger partial charge in [-0.3, -0.25) is 20.3 Å². The van der Waals surface area contributed by atoms with Gasteiger partial charge < -0.3 is 60.2 Å². The van der Waals surface area contributed by atoms with Crippen LogP contribution in [0.2, 0.25) is 0 Å². The van der Waals surface area contributed by atoms with Gasteiger partial charge in [0.05, 0.1) is 96.5 Å². The Bertz CT molecular complexity index is 3340. The molecule has 5 aromatic carbocycles. The number of amides is 3. The molecule has 0 aromatic heterocycles. The van der Waals surface area contributed by atoms with Crippen LogP contribution in [0.5, 0.6) is 0 Å². The fraction of sp³-hybridized carbons (Fsp3) is 0.519. The SMILES string of the molecule is CCOC(=O)c1ccc(NC2CCCCC2)c(NC(=O)OC)c1.CCOC(=O)c1ccc(NC2CCCCC2)c(NC(=O)OCc2ccccc2)c1.CCOC(=O)c1ccc(NC2CCCCC2)c(NC(C)=O)c1.Nc1cc(C(=O)OCCN2CCOCC2)ccc1CC1CCCCC1. The predicted molar refractivity (Wildman–Crippen MR) is 388 cm³/mol. The summed E-state index contributed by atoms with van der Waals surface area (Å²) in [4.78, 5) is 85.6. The van der Waals surface area contributed by atoms with Crippen LogP contribution in [0.15, 0.2) is 103 Å². The first-order valence-corrected chi connectivity index (χ1v) is 35.8. The van der Waals surface area contributed by atoms with Gasteiger partial charge in [0.2, 0.25) is 5.91 Å². The number of carbonyl (C=O) groups is 7. The van der Waals surface area contributed by atoms with Gasteiger partial charge in [-0.15, -0.1) is 0 Å². The van der Waals surface area contributed by atoms with Crippen molar-refractivity contribution >= 4 is 81.8 Å². The number of morpholine rings is 1. The third-order valence-corrected chi connectivity index (χ3v) is 18.0. The van der Waals surface area contributed by atoms with Gasteiger partial charge in [0.1, 0.15) is 13.2 Å². The molecule has 8 N–H and O–H groups in total. The first-order valence-electron chi connectivity index (χ1n) is 35.8. The molecule has 22 nitrogen and oxygen atoms in total. The minimum absolute atomic E-state index is 0.160. The van der Waals surface area contributed by atoms with Gasteiger partial charge in [-0.25, -0.2) is 28.8 Å². The maximum absolute atomic E-state index is 12.4. The minimum Gasteiger partial charge on any atom is -0.462 e. The van der Waals surface area contributed by atoms with E-state index >= 15 is 0 Å². The Balaban J connectivity index is 0.000000187. The van der Waals surface area contributed by atoms with E-state index in [1.54, 1.807) is 69.3 Å². The van der Waals surface area contributed by atoms with Crippen LogP contribution in [0.25, 0.3) is 0 Å². The molecular weight excluding hydrogens is 1260 g/mol. The maximum atomic E-state index is 12.4. The number of esters is 4. The van der Waals surface area contributed by atoms with E-state index in [1.165, 1.54) is 104 Å². The van der Waals surface area contributed by atoms with Crippen LogP contribution in [0, 0.1) is 5.92 Å². The van der Waals surface area contributed by atoms with Gasteiger partial charge in [-0.05, 0) is 149 Å². The molecule has 4 aliphatic carbocycles. The second kappa shape index (κ2) is 42.8. The van der Waals surface area contributed by atoms with E-state index in [2.05, 4.69) is 41.5 Å². The van der Waals surface area contributed by atoms with E-state index < -0.39 is 24.1 Å². The Morgan fingerprint density at radius 2 is 0.869 bits per heavy atom. The molecule has 0 atom stereocenters. The number of nitrogens with one attached hydrogen (secondary N) is 6. The van der Waals surface area contributed by atoms with E-state index in [0.29, 0.717) is 89.6 Å². The highest BCUT2D eigenvalue weighted by molar-refractivity contribution is 5.99. The van der Waals surface area contributed by atoms with Crippen LogP contribution in [-0.4, -0.2) is 131 Å². The molecule has 5 aliphatic rings. The number of anilines is 7. The number of carbonyl (C=O) groups excluding carboxylic acids is 7. The monoisotopic (exact) mass is 1370 g/mol. The molecule has 1 aliphatic heterocycles. The van der Waals surface area contributed by atoms with Crippen LogP contribution in [0.3, 0.4) is 0 Å². The average Bonchev–Trinajstić information content (AvgIpc) is 0.916. The first-order chi connectivity index (χ1) is 48.1. The number of hydrogen-bond donors (Lipinski definition) is 7. The largest absolute Gasteiger partial charge is 0.462 e. The molecule has 5 fully saturated rings. The smallest absolute Gasteiger partial charge is 0.412 e. The van der Waals surface area contributed by atoms with Gasteiger partial charge in [0.25, 0.3) is 0 Å². The number of rotatable bonds is 23. The van der Waals surface area contributed by atoms with E-state index in [0.717, 1.165) is 112 Å². The summed E-state index contributed by atoms with van der Waals surface area (Å²) < 4.78 is 35.8. The van der Waals surface area contributed by atoms with Crippen molar-refractivity contribution in [2.75, 3.05) is 104 Å². The highest BCUT2D eigenvalue weighted by Crippen LogP contribution is 2.33. The lowest BCUT2D eigenvalue weighted by atomic mass is 9.84. The summed E-state index contributed by atoms with van der Waals surface area (Å²) in [7, 11) is 1.30. The zero-order valence-electron chi connectivity index (χ0n) is 58.8. The molecule has 1 heterocycles. The number of ether oxygens (including phenoxy) is 7. The lowest BCUT2D eigenvalue weighted by molar-refractivity contribution is -0.114. The normalized spacial score (nSPS) is 15.9. The fourth-order valence-electron chi connectivity index (χ4n) is 12.8. The molecule has 0 bridgehead atoms. The summed E-state index contributed by atoms with van der Waals surface area (Å²) in [5.74, 6) is -0.917. The maximum Gasteiger partial charge on any atom is 0.412 e. The van der Waals surface area contributed by atoms with Crippen molar-refractivity contribution in [3.05, 3.63) is 137 Å². The van der Waals surface area contributed by atoms with Gasteiger partial charge in [-0.1, -0.05) is 126 Å². The van der Waals surface area contributed by atoms with Crippen LogP contribution >= 0.6 is 0 Å². The molecule has 538 valence electrons. The number of benzene rings is 5. The second-order valence-corrected chi connectivity index (χ2v) is 25.6. The highest BCUT2D eigenvalue weighted by Gasteiger charge is 2.23. The summed E-state index contributed by atoms with van der Waals surface area (Å²) in [6.45, 7) is 12.3. The first kappa shape index (κ1) is 77.5. The van der Waals surface area contributed by atoms with Crippen LogP contribution in [-0.2, 0) is 51.0 Å². The third kappa shape index (κ3) is 27.4.